The third kappa shape index (κ3) is 3.23. The summed E-state index contributed by atoms with van der Waals surface area (Å²) in [5.41, 5.74) is 4.30. The molecule has 0 fully saturated rings. The molecule has 0 saturated heterocycles. The lowest BCUT2D eigenvalue weighted by molar-refractivity contribution is -0.142. The van der Waals surface area contributed by atoms with Gasteiger partial charge >= 0.3 is 6.18 Å². The van der Waals surface area contributed by atoms with Crippen molar-refractivity contribution in [2.45, 2.75) is 32.0 Å². The summed E-state index contributed by atoms with van der Waals surface area (Å²) in [6.45, 7) is 3.36. The second-order valence-corrected chi connectivity index (χ2v) is 4.34. The molecule has 0 bridgehead atoms. The minimum Gasteiger partial charge on any atom is -0.325 e. The highest BCUT2D eigenvalue weighted by atomic mass is 19.4. The normalized spacial score (nSPS) is 13.3. The highest BCUT2D eigenvalue weighted by molar-refractivity contribution is 5.22. The molecule has 1 aromatic rings. The lowest BCUT2D eigenvalue weighted by Gasteiger charge is -2.18. The van der Waals surface area contributed by atoms with Crippen LogP contribution in [0.1, 0.15) is 25.1 Å². The number of nitrogens with two attached hydrogens (primary N) is 1. The second kappa shape index (κ2) is 3.52. The van der Waals surface area contributed by atoms with Crippen LogP contribution in [-0.2, 0) is 19.6 Å². The standard InChI is InChI=1S/C9H14F3N3/c1-8(2,13)4-6-5-15(3)14-7(6)9(10,11)12/h5H,4,13H2,1-3H3. The number of alkyl halides is 3. The monoisotopic (exact) mass is 221 g/mol. The molecule has 0 aliphatic carbocycles. The van der Waals surface area contributed by atoms with Crippen LogP contribution in [0.15, 0.2) is 6.20 Å². The van der Waals surface area contributed by atoms with E-state index in [0.717, 1.165) is 4.68 Å². The van der Waals surface area contributed by atoms with Gasteiger partial charge in [0.25, 0.3) is 0 Å². The summed E-state index contributed by atoms with van der Waals surface area (Å²) in [5, 5.41) is 3.40. The van der Waals surface area contributed by atoms with Crippen LogP contribution < -0.4 is 5.73 Å². The van der Waals surface area contributed by atoms with Crippen molar-refractivity contribution in [2.24, 2.45) is 12.8 Å². The van der Waals surface area contributed by atoms with E-state index in [2.05, 4.69) is 5.10 Å². The van der Waals surface area contributed by atoms with Crippen molar-refractivity contribution in [3.05, 3.63) is 17.5 Å². The van der Waals surface area contributed by atoms with Gasteiger partial charge < -0.3 is 5.73 Å². The minimum atomic E-state index is -4.41. The Bertz CT molecular complexity index is 346. The Kier molecular flexibility index (Phi) is 2.82. The fourth-order valence-corrected chi connectivity index (χ4v) is 1.40. The number of rotatable bonds is 2. The summed E-state index contributed by atoms with van der Waals surface area (Å²) < 4.78 is 38.7. The maximum Gasteiger partial charge on any atom is 0.435 e. The molecule has 0 aromatic carbocycles. The third-order valence-electron chi connectivity index (χ3n) is 1.82. The summed E-state index contributed by atoms with van der Waals surface area (Å²) in [6.07, 6.45) is -2.91. The Morgan fingerprint density at radius 3 is 2.33 bits per heavy atom. The van der Waals surface area contributed by atoms with Gasteiger partial charge in [0, 0.05) is 24.3 Å². The number of nitrogens with zero attached hydrogens (tertiary/aromatic N) is 2. The van der Waals surface area contributed by atoms with E-state index in [-0.39, 0.29) is 12.0 Å². The van der Waals surface area contributed by atoms with Crippen molar-refractivity contribution >= 4 is 0 Å². The van der Waals surface area contributed by atoms with Gasteiger partial charge in [-0.25, -0.2) is 0 Å². The summed E-state index contributed by atoms with van der Waals surface area (Å²) in [5.74, 6) is 0. The highest BCUT2D eigenvalue weighted by Gasteiger charge is 2.37. The summed E-state index contributed by atoms with van der Waals surface area (Å²) >= 11 is 0. The summed E-state index contributed by atoms with van der Waals surface area (Å²) in [4.78, 5) is 0. The molecule has 1 aromatic heterocycles. The number of halogens is 3. The van der Waals surface area contributed by atoms with Gasteiger partial charge in [0.05, 0.1) is 0 Å². The molecule has 6 heteroatoms. The fourth-order valence-electron chi connectivity index (χ4n) is 1.40. The number of hydrogen-bond donors (Lipinski definition) is 1. The predicted molar refractivity (Wildman–Crippen MR) is 50.2 cm³/mol. The average molecular weight is 221 g/mol. The van der Waals surface area contributed by atoms with E-state index in [0.29, 0.717) is 0 Å². The molecule has 0 aliphatic rings. The van der Waals surface area contributed by atoms with Crippen LogP contribution in [0, 0.1) is 0 Å². The molecule has 0 radical (unpaired) electrons. The van der Waals surface area contributed by atoms with Gasteiger partial charge in [-0.3, -0.25) is 4.68 Å². The first-order chi connectivity index (χ1) is 6.59. The first kappa shape index (κ1) is 12.0. The van der Waals surface area contributed by atoms with Crippen LogP contribution in [0.2, 0.25) is 0 Å². The first-order valence-electron chi connectivity index (χ1n) is 4.48. The largest absolute Gasteiger partial charge is 0.435 e. The van der Waals surface area contributed by atoms with Crippen molar-refractivity contribution in [3.63, 3.8) is 0 Å². The van der Waals surface area contributed by atoms with Crippen molar-refractivity contribution < 1.29 is 13.2 Å². The maximum atomic E-state index is 12.5. The Hall–Kier alpha value is -1.04. The van der Waals surface area contributed by atoms with Gasteiger partial charge in [-0.1, -0.05) is 0 Å². The van der Waals surface area contributed by atoms with Crippen molar-refractivity contribution in [1.29, 1.82) is 0 Å². The molecular formula is C9H14F3N3. The SMILES string of the molecule is Cn1cc(CC(C)(C)N)c(C(F)(F)F)n1. The van der Waals surface area contributed by atoms with Gasteiger partial charge in [0.1, 0.15) is 0 Å². The number of aryl methyl sites for hydroxylation is 1. The quantitative estimate of drug-likeness (QED) is 0.826. The number of aromatic nitrogens is 2. The predicted octanol–water partition coefficient (Wildman–Crippen LogP) is 1.72. The van der Waals surface area contributed by atoms with E-state index in [1.807, 2.05) is 0 Å². The van der Waals surface area contributed by atoms with Gasteiger partial charge in [0.15, 0.2) is 5.69 Å². The lowest BCUT2D eigenvalue weighted by Crippen LogP contribution is -2.35. The van der Waals surface area contributed by atoms with Crippen molar-refractivity contribution in [3.8, 4) is 0 Å². The molecule has 15 heavy (non-hydrogen) atoms. The minimum absolute atomic E-state index is 0.137. The smallest absolute Gasteiger partial charge is 0.325 e. The second-order valence-electron chi connectivity index (χ2n) is 4.34. The molecule has 0 aliphatic heterocycles. The topological polar surface area (TPSA) is 43.8 Å². The molecular weight excluding hydrogens is 207 g/mol. The fraction of sp³-hybridized carbons (Fsp3) is 0.667. The molecule has 0 atom stereocenters. The van der Waals surface area contributed by atoms with Gasteiger partial charge in [-0.15, -0.1) is 0 Å². The molecule has 0 spiro atoms. The molecule has 0 saturated carbocycles. The molecule has 1 rings (SSSR count). The van der Waals surface area contributed by atoms with Crippen LogP contribution in [0.25, 0.3) is 0 Å². The van der Waals surface area contributed by atoms with E-state index in [4.69, 9.17) is 5.73 Å². The maximum absolute atomic E-state index is 12.5. The van der Waals surface area contributed by atoms with E-state index in [1.165, 1.54) is 13.2 Å². The third-order valence-corrected chi connectivity index (χ3v) is 1.82. The van der Waals surface area contributed by atoms with Crippen molar-refractivity contribution in [2.75, 3.05) is 0 Å². The average Bonchev–Trinajstić information content (AvgIpc) is 2.25. The zero-order valence-corrected chi connectivity index (χ0v) is 8.89. The van der Waals surface area contributed by atoms with Gasteiger partial charge in [-0.05, 0) is 20.3 Å². The molecule has 86 valence electrons. The highest BCUT2D eigenvalue weighted by Crippen LogP contribution is 2.31. The number of hydrogen-bond acceptors (Lipinski definition) is 2. The van der Waals surface area contributed by atoms with Crippen LogP contribution in [0.5, 0.6) is 0 Å². The van der Waals surface area contributed by atoms with E-state index in [9.17, 15) is 13.2 Å². The molecule has 3 nitrogen and oxygen atoms in total. The van der Waals surface area contributed by atoms with E-state index in [1.54, 1.807) is 13.8 Å². The van der Waals surface area contributed by atoms with E-state index >= 15 is 0 Å². The first-order valence-corrected chi connectivity index (χ1v) is 4.48. The van der Waals surface area contributed by atoms with Crippen LogP contribution in [0.4, 0.5) is 13.2 Å². The Balaban J connectivity index is 3.08. The summed E-state index contributed by atoms with van der Waals surface area (Å²) in [7, 11) is 1.46. The lowest BCUT2D eigenvalue weighted by atomic mass is 9.96. The van der Waals surface area contributed by atoms with Crippen LogP contribution in [-0.4, -0.2) is 15.3 Å². The van der Waals surface area contributed by atoms with Gasteiger partial charge in [-0.2, -0.15) is 18.3 Å². The van der Waals surface area contributed by atoms with Crippen molar-refractivity contribution in [1.82, 2.24) is 9.78 Å². The summed E-state index contributed by atoms with van der Waals surface area (Å²) in [6, 6.07) is 0. The van der Waals surface area contributed by atoms with Crippen LogP contribution in [0.3, 0.4) is 0 Å². The Morgan fingerprint density at radius 1 is 1.40 bits per heavy atom. The molecule has 2 N–H and O–H groups in total. The molecule has 0 unspecified atom stereocenters. The molecule has 1 heterocycles. The Morgan fingerprint density at radius 2 is 1.93 bits per heavy atom. The molecule has 0 amide bonds. The zero-order valence-electron chi connectivity index (χ0n) is 8.89. The van der Waals surface area contributed by atoms with E-state index < -0.39 is 17.4 Å². The Labute approximate surface area is 86.1 Å². The van der Waals surface area contributed by atoms with Gasteiger partial charge in [0.2, 0.25) is 0 Å². The van der Waals surface area contributed by atoms with Crippen LogP contribution >= 0.6 is 0 Å². The zero-order chi connectivity index (χ0) is 11.9.